The van der Waals surface area contributed by atoms with Crippen molar-refractivity contribution < 1.29 is 24.2 Å². The molecule has 7 nitrogen and oxygen atoms in total. The molecular weight excluding hydrogens is 492 g/mol. The van der Waals surface area contributed by atoms with Crippen molar-refractivity contribution in [2.45, 2.75) is 51.3 Å². The van der Waals surface area contributed by atoms with Gasteiger partial charge in [0.1, 0.15) is 0 Å². The number of aliphatic hydroxyl groups is 1. The number of likely N-dealkylation sites (tertiary alicyclic amines) is 1. The number of ether oxygens (including phenoxy) is 2. The van der Waals surface area contributed by atoms with Gasteiger partial charge in [0.15, 0.2) is 6.29 Å². The van der Waals surface area contributed by atoms with Crippen molar-refractivity contribution in [3.8, 4) is 0 Å². The Morgan fingerprint density at radius 2 is 1.41 bits per heavy atom. The van der Waals surface area contributed by atoms with Gasteiger partial charge in [-0.2, -0.15) is 0 Å². The molecule has 0 aliphatic carbocycles. The average molecular weight is 527 g/mol. The Morgan fingerprint density at radius 1 is 0.795 bits per heavy atom. The number of nitrogens with zero attached hydrogens (tertiary/aromatic N) is 2. The second kappa shape index (κ2) is 11.0. The van der Waals surface area contributed by atoms with E-state index in [2.05, 4.69) is 11.8 Å². The molecule has 202 valence electrons. The van der Waals surface area contributed by atoms with E-state index >= 15 is 0 Å². The number of hydrogen-bond acceptors (Lipinski definition) is 6. The first-order chi connectivity index (χ1) is 19.0. The Labute approximate surface area is 229 Å². The first kappa shape index (κ1) is 25.9. The maximum atomic E-state index is 12.9. The molecule has 0 aromatic heterocycles. The summed E-state index contributed by atoms with van der Waals surface area (Å²) >= 11 is 0. The fraction of sp³-hybridized carbons (Fsp3) is 0.375. The predicted octanol–water partition coefficient (Wildman–Crippen LogP) is 5.26. The van der Waals surface area contributed by atoms with Crippen LogP contribution in [0.1, 0.15) is 76.0 Å². The van der Waals surface area contributed by atoms with E-state index < -0.39 is 6.29 Å². The minimum atomic E-state index is -0.588. The highest BCUT2D eigenvalue weighted by atomic mass is 16.7. The predicted molar refractivity (Wildman–Crippen MR) is 147 cm³/mol. The Kier molecular flexibility index (Phi) is 7.32. The topological polar surface area (TPSA) is 79.3 Å². The molecule has 2 saturated heterocycles. The number of benzene rings is 3. The zero-order valence-corrected chi connectivity index (χ0v) is 22.2. The zero-order valence-electron chi connectivity index (χ0n) is 22.2. The molecule has 0 spiro atoms. The lowest BCUT2D eigenvalue weighted by atomic mass is 9.89. The molecule has 3 aromatic rings. The normalized spacial score (nSPS) is 25.6. The van der Waals surface area contributed by atoms with E-state index in [9.17, 15) is 14.7 Å². The summed E-state index contributed by atoms with van der Waals surface area (Å²) < 4.78 is 13.2. The third-order valence-corrected chi connectivity index (χ3v) is 8.23. The van der Waals surface area contributed by atoms with Crippen molar-refractivity contribution in [1.82, 2.24) is 4.90 Å². The summed E-state index contributed by atoms with van der Waals surface area (Å²) in [6.07, 6.45) is 2.92. The SMILES string of the molecule is CC1C(CN2CCCCC2)OC(c2ccc(N3C(=O)c4ccccc4C3=O)cc2)OC1c1ccc(CO)cc1. The Bertz CT molecular complexity index is 1300. The van der Waals surface area contributed by atoms with Gasteiger partial charge in [0.2, 0.25) is 0 Å². The summed E-state index contributed by atoms with van der Waals surface area (Å²) in [5.41, 5.74) is 4.13. The second-order valence-electron chi connectivity index (χ2n) is 10.8. The van der Waals surface area contributed by atoms with E-state index in [1.807, 2.05) is 36.4 Å². The zero-order chi connectivity index (χ0) is 26.9. The van der Waals surface area contributed by atoms with E-state index in [0.29, 0.717) is 16.8 Å². The maximum Gasteiger partial charge on any atom is 0.266 e. The van der Waals surface area contributed by atoms with E-state index in [4.69, 9.17) is 9.47 Å². The molecule has 7 heteroatoms. The van der Waals surface area contributed by atoms with Gasteiger partial charge in [-0.05, 0) is 61.3 Å². The molecule has 0 saturated carbocycles. The molecule has 3 aliphatic heterocycles. The molecule has 6 rings (SSSR count). The van der Waals surface area contributed by atoms with Crippen LogP contribution >= 0.6 is 0 Å². The maximum absolute atomic E-state index is 12.9. The fourth-order valence-electron chi connectivity index (χ4n) is 5.93. The van der Waals surface area contributed by atoms with Crippen molar-refractivity contribution >= 4 is 17.5 Å². The summed E-state index contributed by atoms with van der Waals surface area (Å²) in [6.45, 7) is 5.20. The van der Waals surface area contributed by atoms with Crippen LogP contribution in [0.3, 0.4) is 0 Å². The van der Waals surface area contributed by atoms with E-state index in [1.54, 1.807) is 36.4 Å². The van der Waals surface area contributed by atoms with Crippen molar-refractivity contribution in [3.05, 3.63) is 101 Å². The first-order valence-electron chi connectivity index (χ1n) is 13.8. The lowest BCUT2D eigenvalue weighted by Gasteiger charge is -2.43. The van der Waals surface area contributed by atoms with Gasteiger partial charge in [-0.1, -0.05) is 61.9 Å². The lowest BCUT2D eigenvalue weighted by Crippen LogP contribution is -2.45. The average Bonchev–Trinajstić information content (AvgIpc) is 3.24. The molecule has 1 N–H and O–H groups in total. The van der Waals surface area contributed by atoms with Crippen LogP contribution in [-0.2, 0) is 16.1 Å². The highest BCUT2D eigenvalue weighted by molar-refractivity contribution is 6.34. The Hall–Kier alpha value is -3.36. The number of anilines is 1. The van der Waals surface area contributed by atoms with Gasteiger partial charge in [-0.15, -0.1) is 0 Å². The second-order valence-corrected chi connectivity index (χ2v) is 10.8. The molecule has 2 amide bonds. The van der Waals surface area contributed by atoms with Gasteiger partial charge in [0.05, 0.1) is 35.6 Å². The number of rotatable bonds is 6. The van der Waals surface area contributed by atoms with Gasteiger partial charge in [-0.3, -0.25) is 9.59 Å². The Balaban J connectivity index is 1.25. The van der Waals surface area contributed by atoms with Crippen molar-refractivity contribution in [2.24, 2.45) is 5.92 Å². The molecule has 3 aliphatic rings. The summed E-state index contributed by atoms with van der Waals surface area (Å²) in [6, 6.07) is 22.2. The number of hydrogen-bond donors (Lipinski definition) is 1. The molecule has 39 heavy (non-hydrogen) atoms. The number of imide groups is 1. The highest BCUT2D eigenvalue weighted by Crippen LogP contribution is 2.42. The van der Waals surface area contributed by atoms with Crippen LogP contribution in [0.5, 0.6) is 0 Å². The minimum Gasteiger partial charge on any atom is -0.392 e. The summed E-state index contributed by atoms with van der Waals surface area (Å²) in [4.78, 5) is 29.6. The number of piperidine rings is 1. The largest absolute Gasteiger partial charge is 0.392 e. The fourth-order valence-corrected chi connectivity index (χ4v) is 5.93. The number of carbonyl (C=O) groups is 2. The van der Waals surface area contributed by atoms with Crippen molar-refractivity contribution in [2.75, 3.05) is 24.5 Å². The lowest BCUT2D eigenvalue weighted by molar-refractivity contribution is -0.276. The van der Waals surface area contributed by atoms with Crippen LogP contribution in [0.25, 0.3) is 0 Å². The Morgan fingerprint density at radius 3 is 2.03 bits per heavy atom. The molecule has 4 unspecified atom stereocenters. The van der Waals surface area contributed by atoms with Crippen molar-refractivity contribution in [3.63, 3.8) is 0 Å². The van der Waals surface area contributed by atoms with Crippen LogP contribution in [0, 0.1) is 5.92 Å². The first-order valence-corrected chi connectivity index (χ1v) is 13.8. The number of fused-ring (bicyclic) bond motifs is 1. The molecule has 3 aromatic carbocycles. The molecule has 3 heterocycles. The number of aliphatic hydroxyl groups excluding tert-OH is 1. The van der Waals surface area contributed by atoms with Gasteiger partial charge >= 0.3 is 0 Å². The number of carbonyl (C=O) groups excluding carboxylic acids is 2. The molecule has 4 atom stereocenters. The molecule has 0 radical (unpaired) electrons. The monoisotopic (exact) mass is 526 g/mol. The van der Waals surface area contributed by atoms with Crippen LogP contribution in [-0.4, -0.2) is 47.6 Å². The summed E-state index contributed by atoms with van der Waals surface area (Å²) in [5.74, 6) is -0.494. The van der Waals surface area contributed by atoms with Gasteiger partial charge in [-0.25, -0.2) is 4.90 Å². The third kappa shape index (κ3) is 5.03. The van der Waals surface area contributed by atoms with Crippen LogP contribution in [0.15, 0.2) is 72.8 Å². The summed E-state index contributed by atoms with van der Waals surface area (Å²) in [7, 11) is 0. The standard InChI is InChI=1S/C32H34N2O5/c1-21-28(19-33-17-5-2-6-18-33)38-32(39-29(21)23-11-9-22(20-35)10-12-23)24-13-15-25(16-14-24)34-30(36)26-7-3-4-8-27(26)31(34)37/h3-4,7-16,21,28-29,32,35H,2,5-6,17-20H2,1H3. The van der Waals surface area contributed by atoms with Crippen LogP contribution in [0.2, 0.25) is 0 Å². The molecule has 2 fully saturated rings. The van der Waals surface area contributed by atoms with E-state index in [1.165, 1.54) is 24.2 Å². The third-order valence-electron chi connectivity index (χ3n) is 8.23. The minimum absolute atomic E-state index is 0.00410. The van der Waals surface area contributed by atoms with Gasteiger partial charge in [0.25, 0.3) is 11.8 Å². The highest BCUT2D eigenvalue weighted by Gasteiger charge is 2.40. The van der Waals surface area contributed by atoms with E-state index in [-0.39, 0.29) is 36.5 Å². The van der Waals surface area contributed by atoms with Crippen molar-refractivity contribution in [1.29, 1.82) is 0 Å². The summed E-state index contributed by atoms with van der Waals surface area (Å²) in [5, 5.41) is 9.49. The molecule has 0 bridgehead atoms. The van der Waals surface area contributed by atoms with Gasteiger partial charge in [0, 0.05) is 18.0 Å². The van der Waals surface area contributed by atoms with Gasteiger partial charge < -0.3 is 19.5 Å². The van der Waals surface area contributed by atoms with E-state index in [0.717, 1.165) is 36.3 Å². The van der Waals surface area contributed by atoms with Crippen LogP contribution < -0.4 is 4.90 Å². The smallest absolute Gasteiger partial charge is 0.266 e. The molecular formula is C32H34N2O5. The van der Waals surface area contributed by atoms with Crippen LogP contribution in [0.4, 0.5) is 5.69 Å². The number of amides is 2. The quantitative estimate of drug-likeness (QED) is 0.442.